The average molecular weight is 296 g/mol. The molecule has 2 aromatic carbocycles. The van der Waals surface area contributed by atoms with Crippen LogP contribution in [-0.4, -0.2) is 19.0 Å². The van der Waals surface area contributed by atoms with Gasteiger partial charge in [0.25, 0.3) is 0 Å². The minimum atomic E-state index is -0.500. The Hall–Kier alpha value is -2.82. The Balaban J connectivity index is 1.59. The van der Waals surface area contributed by atoms with Crippen LogP contribution in [0.1, 0.15) is 11.1 Å². The lowest BCUT2D eigenvalue weighted by atomic mass is 10.1. The molecular formula is C17H16N2O3. The summed E-state index contributed by atoms with van der Waals surface area (Å²) in [6.07, 6.45) is -0.0893. The molecule has 0 saturated heterocycles. The summed E-state index contributed by atoms with van der Waals surface area (Å²) in [5, 5.41) is 2.70. The highest BCUT2D eigenvalue weighted by Gasteiger charge is 2.23. The normalized spacial score (nSPS) is 13.0. The number of anilines is 1. The number of benzene rings is 2. The highest BCUT2D eigenvalue weighted by molar-refractivity contribution is 6.00. The summed E-state index contributed by atoms with van der Waals surface area (Å²) in [5.41, 5.74) is 2.86. The summed E-state index contributed by atoms with van der Waals surface area (Å²) in [6, 6.07) is 14.6. The van der Waals surface area contributed by atoms with Crippen LogP contribution in [0.15, 0.2) is 48.5 Å². The molecule has 0 atom stereocenters. The number of ether oxygens (including phenoxy) is 1. The second kappa shape index (κ2) is 5.89. The van der Waals surface area contributed by atoms with Crippen LogP contribution in [0, 0.1) is 0 Å². The number of nitrogens with zero attached hydrogens (tertiary/aromatic N) is 1. The summed E-state index contributed by atoms with van der Waals surface area (Å²) in [7, 11) is 1.77. The van der Waals surface area contributed by atoms with E-state index >= 15 is 0 Å². The van der Waals surface area contributed by atoms with Gasteiger partial charge in [-0.3, -0.25) is 4.79 Å². The van der Waals surface area contributed by atoms with Gasteiger partial charge in [0.1, 0.15) is 5.75 Å². The van der Waals surface area contributed by atoms with Crippen molar-refractivity contribution >= 4 is 17.7 Å². The van der Waals surface area contributed by atoms with Crippen molar-refractivity contribution in [3.8, 4) is 5.75 Å². The largest absolute Gasteiger partial charge is 0.412 e. The lowest BCUT2D eigenvalue weighted by Crippen LogP contribution is -2.26. The molecule has 2 amide bonds. The van der Waals surface area contributed by atoms with E-state index in [1.165, 1.54) is 0 Å². The average Bonchev–Trinajstić information content (AvgIpc) is 2.81. The molecule has 0 fully saturated rings. The van der Waals surface area contributed by atoms with E-state index in [2.05, 4.69) is 5.32 Å². The third-order valence-electron chi connectivity index (χ3n) is 3.61. The molecule has 1 heterocycles. The summed E-state index contributed by atoms with van der Waals surface area (Å²) < 4.78 is 5.15. The lowest BCUT2D eigenvalue weighted by Gasteiger charge is -2.11. The Labute approximate surface area is 128 Å². The molecule has 0 saturated carbocycles. The predicted molar refractivity (Wildman–Crippen MR) is 82.9 cm³/mol. The van der Waals surface area contributed by atoms with Crippen LogP contribution in [0.3, 0.4) is 0 Å². The first-order valence-corrected chi connectivity index (χ1v) is 7.02. The van der Waals surface area contributed by atoms with Crippen LogP contribution in [0.2, 0.25) is 0 Å². The van der Waals surface area contributed by atoms with E-state index < -0.39 is 6.09 Å². The van der Waals surface area contributed by atoms with Crippen LogP contribution in [0.25, 0.3) is 0 Å². The van der Waals surface area contributed by atoms with Crippen LogP contribution in [-0.2, 0) is 17.8 Å². The first-order valence-electron chi connectivity index (χ1n) is 7.02. The molecule has 1 N–H and O–H groups in total. The molecule has 1 aliphatic rings. The zero-order valence-corrected chi connectivity index (χ0v) is 12.2. The van der Waals surface area contributed by atoms with Crippen molar-refractivity contribution in [2.45, 2.75) is 13.0 Å². The second-order valence-electron chi connectivity index (χ2n) is 5.15. The third kappa shape index (κ3) is 2.93. The molecule has 0 radical (unpaired) electrons. The number of nitrogens with one attached hydrogen (secondary N) is 1. The summed E-state index contributed by atoms with van der Waals surface area (Å²) in [5.74, 6) is 0.588. The maximum atomic E-state index is 11.7. The first kappa shape index (κ1) is 14.1. The van der Waals surface area contributed by atoms with E-state index in [0.717, 1.165) is 16.8 Å². The lowest BCUT2D eigenvalue weighted by molar-refractivity contribution is -0.117. The van der Waals surface area contributed by atoms with Gasteiger partial charge >= 0.3 is 6.09 Å². The molecule has 0 unspecified atom stereocenters. The predicted octanol–water partition coefficient (Wildman–Crippen LogP) is 2.49. The van der Waals surface area contributed by atoms with E-state index in [9.17, 15) is 9.59 Å². The number of hydrogen-bond donors (Lipinski definition) is 1. The van der Waals surface area contributed by atoms with Crippen LogP contribution < -0.4 is 15.0 Å². The van der Waals surface area contributed by atoms with Crippen LogP contribution in [0.5, 0.6) is 5.75 Å². The van der Waals surface area contributed by atoms with Crippen molar-refractivity contribution in [2.75, 3.05) is 11.9 Å². The molecule has 1 aliphatic heterocycles. The first-order chi connectivity index (χ1) is 10.6. The molecule has 0 aliphatic carbocycles. The minimum absolute atomic E-state index is 0.0867. The fraction of sp³-hybridized carbons (Fsp3) is 0.176. The van der Waals surface area contributed by atoms with E-state index in [1.54, 1.807) is 36.2 Å². The van der Waals surface area contributed by atoms with Crippen LogP contribution in [0.4, 0.5) is 10.5 Å². The SMILES string of the molecule is CN1C(=O)Cc2cc(CNC(=O)Oc3ccccc3)ccc21. The summed E-state index contributed by atoms with van der Waals surface area (Å²) in [4.78, 5) is 25.0. The van der Waals surface area contributed by atoms with Gasteiger partial charge < -0.3 is 15.0 Å². The van der Waals surface area contributed by atoms with Gasteiger partial charge in [-0.15, -0.1) is 0 Å². The Morgan fingerprint density at radius 1 is 1.23 bits per heavy atom. The van der Waals surface area contributed by atoms with Gasteiger partial charge in [0, 0.05) is 19.3 Å². The van der Waals surface area contributed by atoms with E-state index in [4.69, 9.17) is 4.74 Å². The van der Waals surface area contributed by atoms with Crippen molar-refractivity contribution in [1.82, 2.24) is 5.32 Å². The highest BCUT2D eigenvalue weighted by atomic mass is 16.6. The highest BCUT2D eigenvalue weighted by Crippen LogP contribution is 2.28. The van der Waals surface area contributed by atoms with Gasteiger partial charge in [0.05, 0.1) is 6.42 Å². The number of carbonyl (C=O) groups excluding carboxylic acids is 2. The van der Waals surface area contributed by atoms with Crippen molar-refractivity contribution in [1.29, 1.82) is 0 Å². The van der Waals surface area contributed by atoms with Gasteiger partial charge in [-0.2, -0.15) is 0 Å². The zero-order chi connectivity index (χ0) is 15.5. The van der Waals surface area contributed by atoms with Gasteiger partial charge in [-0.25, -0.2) is 4.79 Å². The Morgan fingerprint density at radius 3 is 2.77 bits per heavy atom. The number of fused-ring (bicyclic) bond motifs is 1. The molecule has 0 spiro atoms. The third-order valence-corrected chi connectivity index (χ3v) is 3.61. The molecule has 3 rings (SSSR count). The fourth-order valence-corrected chi connectivity index (χ4v) is 2.44. The maximum Gasteiger partial charge on any atom is 0.412 e. The Kier molecular flexibility index (Phi) is 3.78. The van der Waals surface area contributed by atoms with Crippen LogP contribution >= 0.6 is 0 Å². The number of carbonyl (C=O) groups is 2. The van der Waals surface area contributed by atoms with Crippen molar-refractivity contribution < 1.29 is 14.3 Å². The molecule has 2 aromatic rings. The molecule has 112 valence electrons. The topological polar surface area (TPSA) is 58.6 Å². The van der Waals surface area contributed by atoms with E-state index in [1.807, 2.05) is 24.3 Å². The number of para-hydroxylation sites is 1. The van der Waals surface area contributed by atoms with Crippen molar-refractivity contribution in [3.63, 3.8) is 0 Å². The summed E-state index contributed by atoms with van der Waals surface area (Å²) in [6.45, 7) is 0.358. The molecule has 5 heteroatoms. The number of likely N-dealkylation sites (N-methyl/N-ethyl adjacent to an activating group) is 1. The molecular weight excluding hydrogens is 280 g/mol. The molecule has 22 heavy (non-hydrogen) atoms. The number of hydrogen-bond acceptors (Lipinski definition) is 3. The van der Waals surface area contributed by atoms with Gasteiger partial charge in [-0.05, 0) is 29.3 Å². The van der Waals surface area contributed by atoms with E-state index in [0.29, 0.717) is 18.7 Å². The second-order valence-corrected chi connectivity index (χ2v) is 5.15. The standard InChI is InChI=1S/C17H16N2O3/c1-19-15-8-7-12(9-13(15)10-16(19)20)11-18-17(21)22-14-5-3-2-4-6-14/h2-9H,10-11H2,1H3,(H,18,21). The number of amides is 2. The smallest absolute Gasteiger partial charge is 0.410 e. The quantitative estimate of drug-likeness (QED) is 0.946. The summed E-state index contributed by atoms with van der Waals surface area (Å²) >= 11 is 0. The minimum Gasteiger partial charge on any atom is -0.410 e. The van der Waals surface area contributed by atoms with Crippen molar-refractivity contribution in [2.24, 2.45) is 0 Å². The maximum absolute atomic E-state index is 11.7. The molecule has 5 nitrogen and oxygen atoms in total. The monoisotopic (exact) mass is 296 g/mol. The number of rotatable bonds is 3. The van der Waals surface area contributed by atoms with Gasteiger partial charge in [-0.1, -0.05) is 30.3 Å². The Bertz CT molecular complexity index is 713. The zero-order valence-electron chi connectivity index (χ0n) is 12.2. The fourth-order valence-electron chi connectivity index (χ4n) is 2.44. The van der Waals surface area contributed by atoms with Gasteiger partial charge in [0.2, 0.25) is 5.91 Å². The Morgan fingerprint density at radius 2 is 2.00 bits per heavy atom. The van der Waals surface area contributed by atoms with Crippen molar-refractivity contribution in [3.05, 3.63) is 59.7 Å². The van der Waals surface area contributed by atoms with E-state index in [-0.39, 0.29) is 5.91 Å². The molecule has 0 bridgehead atoms. The van der Waals surface area contributed by atoms with Gasteiger partial charge in [0.15, 0.2) is 0 Å². The molecule has 0 aromatic heterocycles.